The predicted octanol–water partition coefficient (Wildman–Crippen LogP) is 3.89. The van der Waals surface area contributed by atoms with Crippen molar-refractivity contribution in [1.82, 2.24) is 10.6 Å². The van der Waals surface area contributed by atoms with Gasteiger partial charge in [-0.15, -0.1) is 13.2 Å². The van der Waals surface area contributed by atoms with Gasteiger partial charge in [0.1, 0.15) is 5.75 Å². The number of aryl methyl sites for hydroxylation is 1. The van der Waals surface area contributed by atoms with Gasteiger partial charge in [0.05, 0.1) is 0 Å². The number of carbonyl (C=O) groups is 1. The summed E-state index contributed by atoms with van der Waals surface area (Å²) in [5.41, 5.74) is 2.78. The van der Waals surface area contributed by atoms with Crippen LogP contribution in [0.15, 0.2) is 48.5 Å². The van der Waals surface area contributed by atoms with Crippen LogP contribution in [0.5, 0.6) is 5.75 Å². The fourth-order valence-corrected chi connectivity index (χ4v) is 1.94. The minimum Gasteiger partial charge on any atom is -0.406 e. The smallest absolute Gasteiger partial charge is 0.406 e. The highest BCUT2D eigenvalue weighted by Gasteiger charge is 2.30. The van der Waals surface area contributed by atoms with Crippen LogP contribution in [0.2, 0.25) is 0 Å². The number of alkyl halides is 3. The van der Waals surface area contributed by atoms with Gasteiger partial charge in [-0.2, -0.15) is 0 Å². The molecule has 0 fully saturated rings. The van der Waals surface area contributed by atoms with E-state index >= 15 is 0 Å². The molecule has 0 bridgehead atoms. The van der Waals surface area contributed by atoms with Gasteiger partial charge in [-0.05, 0) is 30.2 Å². The van der Waals surface area contributed by atoms with Crippen molar-refractivity contribution in [3.8, 4) is 5.75 Å². The number of ether oxygens (including phenoxy) is 1. The van der Waals surface area contributed by atoms with Gasteiger partial charge in [0.2, 0.25) is 0 Å². The quantitative estimate of drug-likeness (QED) is 0.869. The first-order valence-electron chi connectivity index (χ1n) is 7.24. The Bertz CT molecular complexity index is 668. The summed E-state index contributed by atoms with van der Waals surface area (Å²) < 4.78 is 39.9. The number of hydrogen-bond donors (Lipinski definition) is 2. The third kappa shape index (κ3) is 6.20. The summed E-state index contributed by atoms with van der Waals surface area (Å²) in [5.74, 6) is -0.296. The van der Waals surface area contributed by atoms with Crippen molar-refractivity contribution in [1.29, 1.82) is 0 Å². The van der Waals surface area contributed by atoms with E-state index < -0.39 is 6.36 Å². The van der Waals surface area contributed by atoms with E-state index in [0.717, 1.165) is 11.1 Å². The zero-order chi connectivity index (χ0) is 17.6. The van der Waals surface area contributed by atoms with Crippen molar-refractivity contribution in [2.75, 3.05) is 0 Å². The first kappa shape index (κ1) is 17.7. The highest BCUT2D eigenvalue weighted by molar-refractivity contribution is 5.73. The molecule has 0 saturated carbocycles. The standard InChI is InChI=1S/C17H17F3N2O2/c1-12-2-4-13(5-3-12)10-21-16(23)22-11-14-6-8-15(9-7-14)24-17(18,19)20/h2-9H,10-11H2,1H3,(H2,21,22,23). The monoisotopic (exact) mass is 338 g/mol. The van der Waals surface area contributed by atoms with E-state index in [1.165, 1.54) is 24.3 Å². The molecule has 0 saturated heterocycles. The molecule has 0 aliphatic rings. The lowest BCUT2D eigenvalue weighted by Crippen LogP contribution is -2.34. The molecule has 2 rings (SSSR count). The zero-order valence-electron chi connectivity index (χ0n) is 13.0. The molecule has 0 unspecified atom stereocenters. The number of halogens is 3. The molecule has 0 atom stereocenters. The van der Waals surface area contributed by atoms with Gasteiger partial charge in [0, 0.05) is 13.1 Å². The van der Waals surface area contributed by atoms with E-state index in [1.807, 2.05) is 31.2 Å². The van der Waals surface area contributed by atoms with Crippen LogP contribution in [-0.2, 0) is 13.1 Å². The fourth-order valence-electron chi connectivity index (χ4n) is 1.94. The predicted molar refractivity (Wildman–Crippen MR) is 83.4 cm³/mol. The highest BCUT2D eigenvalue weighted by atomic mass is 19.4. The summed E-state index contributed by atoms with van der Waals surface area (Å²) in [6.07, 6.45) is -4.71. The minimum absolute atomic E-state index is 0.200. The summed E-state index contributed by atoms with van der Waals surface area (Å²) in [4.78, 5) is 11.7. The van der Waals surface area contributed by atoms with Gasteiger partial charge in [-0.25, -0.2) is 4.79 Å². The molecular formula is C17H17F3N2O2. The van der Waals surface area contributed by atoms with Crippen molar-refractivity contribution >= 4 is 6.03 Å². The molecule has 7 heteroatoms. The van der Waals surface area contributed by atoms with Crippen molar-refractivity contribution in [3.05, 3.63) is 65.2 Å². The number of nitrogens with one attached hydrogen (secondary N) is 2. The van der Waals surface area contributed by atoms with E-state index in [4.69, 9.17) is 0 Å². The Labute approximate surface area is 137 Å². The molecule has 2 aromatic rings. The first-order valence-corrected chi connectivity index (χ1v) is 7.24. The van der Waals surface area contributed by atoms with Crippen LogP contribution in [0, 0.1) is 6.92 Å². The Morgan fingerprint density at radius 2 is 1.38 bits per heavy atom. The summed E-state index contributed by atoms with van der Waals surface area (Å²) in [5, 5.41) is 5.34. The Hall–Kier alpha value is -2.70. The summed E-state index contributed by atoms with van der Waals surface area (Å²) in [6, 6.07) is 12.7. The Balaban J connectivity index is 1.76. The molecule has 4 nitrogen and oxygen atoms in total. The first-order chi connectivity index (χ1) is 11.3. The molecule has 0 aliphatic carbocycles. The highest BCUT2D eigenvalue weighted by Crippen LogP contribution is 2.22. The molecule has 24 heavy (non-hydrogen) atoms. The lowest BCUT2D eigenvalue weighted by Gasteiger charge is -2.10. The number of benzene rings is 2. The van der Waals surface area contributed by atoms with Crippen molar-refractivity contribution in [3.63, 3.8) is 0 Å². The van der Waals surface area contributed by atoms with Crippen LogP contribution < -0.4 is 15.4 Å². The molecule has 0 radical (unpaired) electrons. The molecule has 0 aromatic heterocycles. The molecule has 2 aromatic carbocycles. The third-order valence-corrected chi connectivity index (χ3v) is 3.18. The van der Waals surface area contributed by atoms with Gasteiger partial charge >= 0.3 is 12.4 Å². The van der Waals surface area contributed by atoms with E-state index in [1.54, 1.807) is 0 Å². The largest absolute Gasteiger partial charge is 0.573 e. The third-order valence-electron chi connectivity index (χ3n) is 3.18. The van der Waals surface area contributed by atoms with Crippen LogP contribution in [0.25, 0.3) is 0 Å². The average molecular weight is 338 g/mol. The second-order valence-electron chi connectivity index (χ2n) is 5.21. The minimum atomic E-state index is -4.71. The number of rotatable bonds is 5. The van der Waals surface area contributed by atoms with Gasteiger partial charge in [0.25, 0.3) is 0 Å². The van der Waals surface area contributed by atoms with Crippen LogP contribution in [0.3, 0.4) is 0 Å². The maximum absolute atomic E-state index is 12.1. The molecule has 0 aliphatic heterocycles. The zero-order valence-corrected chi connectivity index (χ0v) is 13.0. The van der Waals surface area contributed by atoms with E-state index in [-0.39, 0.29) is 18.3 Å². The van der Waals surface area contributed by atoms with Gasteiger partial charge in [-0.1, -0.05) is 42.0 Å². The van der Waals surface area contributed by atoms with Gasteiger partial charge < -0.3 is 15.4 Å². The topological polar surface area (TPSA) is 50.4 Å². The number of hydrogen-bond acceptors (Lipinski definition) is 2. The van der Waals surface area contributed by atoms with Crippen LogP contribution >= 0.6 is 0 Å². The molecule has 2 N–H and O–H groups in total. The Morgan fingerprint density at radius 1 is 0.917 bits per heavy atom. The summed E-state index contributed by atoms with van der Waals surface area (Å²) >= 11 is 0. The lowest BCUT2D eigenvalue weighted by molar-refractivity contribution is -0.274. The van der Waals surface area contributed by atoms with Crippen molar-refractivity contribution in [2.45, 2.75) is 26.4 Å². The van der Waals surface area contributed by atoms with Crippen molar-refractivity contribution < 1.29 is 22.7 Å². The summed E-state index contributed by atoms with van der Waals surface area (Å²) in [6.45, 7) is 2.57. The van der Waals surface area contributed by atoms with Crippen LogP contribution in [0.1, 0.15) is 16.7 Å². The van der Waals surface area contributed by atoms with Crippen molar-refractivity contribution in [2.24, 2.45) is 0 Å². The second kappa shape index (κ2) is 7.72. The fraction of sp³-hybridized carbons (Fsp3) is 0.235. The van der Waals surface area contributed by atoms with E-state index in [0.29, 0.717) is 12.1 Å². The number of carbonyl (C=O) groups excluding carboxylic acids is 1. The average Bonchev–Trinajstić information content (AvgIpc) is 2.52. The summed E-state index contributed by atoms with van der Waals surface area (Å²) in [7, 11) is 0. The van der Waals surface area contributed by atoms with Crippen LogP contribution in [-0.4, -0.2) is 12.4 Å². The van der Waals surface area contributed by atoms with Crippen LogP contribution in [0.4, 0.5) is 18.0 Å². The Kier molecular flexibility index (Phi) is 5.68. The van der Waals surface area contributed by atoms with Gasteiger partial charge in [-0.3, -0.25) is 0 Å². The normalized spacial score (nSPS) is 11.0. The molecule has 128 valence electrons. The number of amides is 2. The molecule has 0 heterocycles. The second-order valence-corrected chi connectivity index (χ2v) is 5.21. The van der Waals surface area contributed by atoms with Gasteiger partial charge in [0.15, 0.2) is 0 Å². The maximum atomic E-state index is 12.1. The lowest BCUT2D eigenvalue weighted by atomic mass is 10.1. The molecular weight excluding hydrogens is 321 g/mol. The van der Waals surface area contributed by atoms with E-state index in [2.05, 4.69) is 15.4 Å². The Morgan fingerprint density at radius 3 is 1.83 bits per heavy atom. The molecule has 2 amide bonds. The van der Waals surface area contributed by atoms with E-state index in [9.17, 15) is 18.0 Å². The molecule has 0 spiro atoms. The number of urea groups is 1. The SMILES string of the molecule is Cc1ccc(CNC(=O)NCc2ccc(OC(F)(F)F)cc2)cc1. The maximum Gasteiger partial charge on any atom is 0.573 e.